The Bertz CT molecular complexity index is 644. The molecule has 144 valence electrons. The Balaban J connectivity index is 2.62. The maximum absolute atomic E-state index is 12.5. The summed E-state index contributed by atoms with van der Waals surface area (Å²) in [6, 6.07) is 0.933. The molecular weight excluding hydrogens is 374 g/mol. The van der Waals surface area contributed by atoms with Crippen LogP contribution in [0.15, 0.2) is 23.4 Å². The summed E-state index contributed by atoms with van der Waals surface area (Å²) in [5.41, 5.74) is 11.5. The van der Waals surface area contributed by atoms with Crippen LogP contribution in [0.2, 0.25) is 0 Å². The maximum atomic E-state index is 12.5. The van der Waals surface area contributed by atoms with E-state index in [9.17, 15) is 14.4 Å². The zero-order chi connectivity index (χ0) is 19.7. The van der Waals surface area contributed by atoms with Gasteiger partial charge in [-0.15, -0.1) is 11.7 Å². The number of ketones is 1. The fourth-order valence-corrected chi connectivity index (χ4v) is 2.95. The van der Waals surface area contributed by atoms with Gasteiger partial charge in [0.15, 0.2) is 5.78 Å². The van der Waals surface area contributed by atoms with Gasteiger partial charge in [-0.3, -0.25) is 14.4 Å². The van der Waals surface area contributed by atoms with E-state index in [0.717, 1.165) is 10.8 Å². The molecule has 1 rings (SSSR count). The second kappa shape index (κ2) is 11.2. The third-order valence-electron chi connectivity index (χ3n) is 3.68. The average molecular weight is 400 g/mol. The second-order valence-electron chi connectivity index (χ2n) is 5.81. The molecule has 0 aliphatic rings. The number of nitrogens with two attached hydrogens (primary N) is 2. The number of nitrogens with one attached hydrogen (secondary N) is 2. The summed E-state index contributed by atoms with van der Waals surface area (Å²) in [6.07, 6.45) is 2.62. The highest BCUT2D eigenvalue weighted by Gasteiger charge is 2.24. The van der Waals surface area contributed by atoms with Crippen molar-refractivity contribution in [3.8, 4) is 0 Å². The van der Waals surface area contributed by atoms with Crippen LogP contribution in [0.3, 0.4) is 0 Å². The molecular formula is C16H25N5O3S2. The summed E-state index contributed by atoms with van der Waals surface area (Å²) < 4.78 is 0. The van der Waals surface area contributed by atoms with Crippen LogP contribution in [0.5, 0.6) is 0 Å². The summed E-state index contributed by atoms with van der Waals surface area (Å²) in [4.78, 5) is 40.8. The van der Waals surface area contributed by atoms with Crippen molar-refractivity contribution in [1.82, 2.24) is 15.6 Å². The molecule has 10 heteroatoms. The zero-order valence-electron chi connectivity index (χ0n) is 14.8. The van der Waals surface area contributed by atoms with Gasteiger partial charge in [0.2, 0.25) is 11.8 Å². The smallest absolute Gasteiger partial charge is 0.242 e. The van der Waals surface area contributed by atoms with Crippen molar-refractivity contribution in [2.45, 2.75) is 49.8 Å². The highest BCUT2D eigenvalue weighted by atomic mass is 33.1. The third-order valence-corrected chi connectivity index (χ3v) is 4.70. The lowest BCUT2D eigenvalue weighted by Gasteiger charge is -2.20. The lowest BCUT2D eigenvalue weighted by Crippen LogP contribution is -2.52. The molecule has 0 saturated heterocycles. The molecule has 6 N–H and O–H groups in total. The molecule has 0 radical (unpaired) electrons. The van der Waals surface area contributed by atoms with Crippen LogP contribution in [0.1, 0.15) is 37.0 Å². The molecule has 0 fully saturated rings. The Hall–Kier alpha value is -1.62. The number of hydrogen-bond donors (Lipinski definition) is 5. The van der Waals surface area contributed by atoms with Gasteiger partial charge in [0.25, 0.3) is 0 Å². The fourth-order valence-electron chi connectivity index (χ4n) is 2.14. The summed E-state index contributed by atoms with van der Waals surface area (Å²) in [5.74, 6) is -1.20. The minimum atomic E-state index is -0.825. The van der Waals surface area contributed by atoms with Gasteiger partial charge < -0.3 is 22.1 Å². The molecule has 0 spiro atoms. The standard InChI is InChI=1S/C16H25N5O3S2/c1-9(13(22)11-5-4-8-19-16(11)26-25)20-14(23)10(2)21-15(24)12(18)6-3-7-17/h4-5,8-10,12,25H,3,6-7,17-18H2,1-2H3,(H,20,23)(H,21,24)/t9-,10-,12-/m0/s1. The van der Waals surface area contributed by atoms with Gasteiger partial charge in [-0.05, 0) is 56.2 Å². The molecule has 0 bridgehead atoms. The number of aromatic nitrogens is 1. The van der Waals surface area contributed by atoms with Crippen LogP contribution < -0.4 is 22.1 Å². The Morgan fingerprint density at radius 3 is 2.50 bits per heavy atom. The van der Waals surface area contributed by atoms with Crippen molar-refractivity contribution in [2.75, 3.05) is 6.54 Å². The SMILES string of the molecule is C[C@H](NC(=O)[C@@H](N)CCCN)C(=O)N[C@@H](C)C(=O)c1cccnc1SS. The van der Waals surface area contributed by atoms with E-state index in [1.807, 2.05) is 0 Å². The summed E-state index contributed by atoms with van der Waals surface area (Å²) in [5, 5.41) is 5.60. The lowest BCUT2D eigenvalue weighted by atomic mass is 10.1. The van der Waals surface area contributed by atoms with Gasteiger partial charge in [-0.1, -0.05) is 0 Å². The van der Waals surface area contributed by atoms with Crippen molar-refractivity contribution in [1.29, 1.82) is 0 Å². The summed E-state index contributed by atoms with van der Waals surface area (Å²) in [6.45, 7) is 3.54. The van der Waals surface area contributed by atoms with Crippen LogP contribution in [0.25, 0.3) is 0 Å². The highest BCUT2D eigenvalue weighted by Crippen LogP contribution is 2.23. The first-order valence-electron chi connectivity index (χ1n) is 8.18. The number of amides is 2. The van der Waals surface area contributed by atoms with E-state index in [-0.39, 0.29) is 5.78 Å². The molecule has 1 heterocycles. The van der Waals surface area contributed by atoms with Crippen molar-refractivity contribution in [2.24, 2.45) is 11.5 Å². The van der Waals surface area contributed by atoms with Crippen molar-refractivity contribution >= 4 is 40.1 Å². The van der Waals surface area contributed by atoms with Gasteiger partial charge in [0.05, 0.1) is 17.6 Å². The number of thiol groups is 1. The van der Waals surface area contributed by atoms with Gasteiger partial charge in [0.1, 0.15) is 11.1 Å². The maximum Gasteiger partial charge on any atom is 0.242 e. The van der Waals surface area contributed by atoms with E-state index < -0.39 is 29.9 Å². The number of hydrogen-bond acceptors (Lipinski definition) is 8. The van der Waals surface area contributed by atoms with Crippen molar-refractivity contribution in [3.05, 3.63) is 23.9 Å². The lowest BCUT2D eigenvalue weighted by molar-refractivity contribution is -0.129. The number of carbonyl (C=O) groups excluding carboxylic acids is 3. The molecule has 0 saturated carbocycles. The first-order chi connectivity index (χ1) is 12.3. The minimum Gasteiger partial charge on any atom is -0.344 e. The number of nitrogens with zero attached hydrogens (tertiary/aromatic N) is 1. The van der Waals surface area contributed by atoms with Crippen molar-refractivity contribution in [3.63, 3.8) is 0 Å². The van der Waals surface area contributed by atoms with E-state index in [1.165, 1.54) is 6.92 Å². The Labute approximate surface area is 162 Å². The van der Waals surface area contributed by atoms with Crippen LogP contribution in [-0.2, 0) is 9.59 Å². The average Bonchev–Trinajstić information content (AvgIpc) is 2.64. The Kier molecular flexibility index (Phi) is 9.63. The molecule has 0 aliphatic carbocycles. The fraction of sp³-hybridized carbons (Fsp3) is 0.500. The second-order valence-corrected chi connectivity index (χ2v) is 6.93. The molecule has 1 aromatic heterocycles. The topological polar surface area (TPSA) is 140 Å². The van der Waals surface area contributed by atoms with Gasteiger partial charge in [0, 0.05) is 6.20 Å². The number of carbonyl (C=O) groups is 3. The summed E-state index contributed by atoms with van der Waals surface area (Å²) in [7, 11) is 1.05. The molecule has 0 aliphatic heterocycles. The minimum absolute atomic E-state index is 0.291. The molecule has 0 aromatic carbocycles. The van der Waals surface area contributed by atoms with Crippen molar-refractivity contribution < 1.29 is 14.4 Å². The van der Waals surface area contributed by atoms with Gasteiger partial charge in [-0.25, -0.2) is 4.98 Å². The van der Waals surface area contributed by atoms with E-state index in [2.05, 4.69) is 27.3 Å². The third kappa shape index (κ3) is 6.60. The molecule has 26 heavy (non-hydrogen) atoms. The van der Waals surface area contributed by atoms with E-state index in [1.54, 1.807) is 25.3 Å². The first kappa shape index (κ1) is 22.4. The zero-order valence-corrected chi connectivity index (χ0v) is 16.5. The van der Waals surface area contributed by atoms with E-state index >= 15 is 0 Å². The van der Waals surface area contributed by atoms with E-state index in [4.69, 9.17) is 11.5 Å². The first-order valence-corrected chi connectivity index (χ1v) is 10.1. The monoisotopic (exact) mass is 399 g/mol. The highest BCUT2D eigenvalue weighted by molar-refractivity contribution is 8.68. The summed E-state index contributed by atoms with van der Waals surface area (Å²) >= 11 is 4.07. The molecule has 0 unspecified atom stereocenters. The number of pyridine rings is 1. The Morgan fingerprint density at radius 2 is 1.88 bits per heavy atom. The van der Waals surface area contributed by atoms with Gasteiger partial charge in [-0.2, -0.15) is 0 Å². The number of Topliss-reactive ketones (excluding diaryl/α,β-unsaturated/α-hetero) is 1. The van der Waals surface area contributed by atoms with Crippen LogP contribution in [-0.4, -0.2) is 47.3 Å². The normalized spacial score (nSPS) is 14.2. The largest absolute Gasteiger partial charge is 0.344 e. The molecule has 1 aromatic rings. The van der Waals surface area contributed by atoms with E-state index in [0.29, 0.717) is 30.0 Å². The molecule has 3 atom stereocenters. The van der Waals surface area contributed by atoms with Crippen LogP contribution >= 0.6 is 22.5 Å². The molecule has 8 nitrogen and oxygen atoms in total. The van der Waals surface area contributed by atoms with Crippen LogP contribution in [0, 0.1) is 0 Å². The predicted molar refractivity (Wildman–Crippen MR) is 105 cm³/mol. The predicted octanol–water partition coefficient (Wildman–Crippen LogP) is 0.277. The van der Waals surface area contributed by atoms with Crippen LogP contribution in [0.4, 0.5) is 0 Å². The quantitative estimate of drug-likeness (QED) is 0.216. The molecule has 2 amide bonds. The van der Waals surface area contributed by atoms with Gasteiger partial charge >= 0.3 is 0 Å². The number of rotatable bonds is 10. The Morgan fingerprint density at radius 1 is 1.23 bits per heavy atom.